The van der Waals surface area contributed by atoms with Gasteiger partial charge in [-0.05, 0) is 12.5 Å². The van der Waals surface area contributed by atoms with Crippen molar-refractivity contribution >= 4 is 11.6 Å². The first-order valence-electron chi connectivity index (χ1n) is 5.34. The second-order valence-corrected chi connectivity index (χ2v) is 4.35. The van der Waals surface area contributed by atoms with Gasteiger partial charge in [0.1, 0.15) is 0 Å². The highest BCUT2D eigenvalue weighted by molar-refractivity contribution is 6.20. The maximum absolute atomic E-state index is 6.14. The van der Waals surface area contributed by atoms with Gasteiger partial charge in [0.25, 0.3) is 0 Å². The smallest absolute Gasteiger partial charge is 0.0849 e. The molecular weight excluding hydrogens is 224 g/mol. The number of hydrogen-bond donors (Lipinski definition) is 0. The van der Waals surface area contributed by atoms with Crippen LogP contribution in [0.15, 0.2) is 24.7 Å². The first-order valence-corrected chi connectivity index (χ1v) is 5.77. The van der Waals surface area contributed by atoms with E-state index in [9.17, 15) is 0 Å². The number of aryl methyl sites for hydroxylation is 1. The minimum absolute atomic E-state index is 0.0532. The van der Waals surface area contributed by atoms with E-state index in [1.54, 1.807) is 4.68 Å². The first-order chi connectivity index (χ1) is 7.69. The monoisotopic (exact) mass is 238 g/mol. The molecule has 0 N–H and O–H groups in total. The van der Waals surface area contributed by atoms with Crippen molar-refractivity contribution in [1.82, 2.24) is 19.6 Å². The second kappa shape index (κ2) is 4.70. The van der Waals surface area contributed by atoms with E-state index in [1.165, 1.54) is 0 Å². The van der Waals surface area contributed by atoms with E-state index in [0.29, 0.717) is 6.54 Å². The van der Waals surface area contributed by atoms with Crippen LogP contribution in [-0.2, 0) is 13.6 Å². The Hall–Kier alpha value is -1.29. The van der Waals surface area contributed by atoms with Crippen LogP contribution in [0, 0.1) is 0 Å². The molecule has 4 nitrogen and oxygen atoms in total. The Kier molecular flexibility index (Phi) is 3.29. The molecule has 2 aromatic heterocycles. The van der Waals surface area contributed by atoms with Crippen LogP contribution in [0.4, 0.5) is 0 Å². The fraction of sp³-hybridized carbons (Fsp3) is 0.455. The third-order valence-corrected chi connectivity index (χ3v) is 3.03. The van der Waals surface area contributed by atoms with Crippen LogP contribution >= 0.6 is 11.6 Å². The van der Waals surface area contributed by atoms with Gasteiger partial charge in [0, 0.05) is 25.0 Å². The molecule has 0 fully saturated rings. The number of alkyl halides is 1. The van der Waals surface area contributed by atoms with Crippen molar-refractivity contribution in [3.63, 3.8) is 0 Å². The lowest BCUT2D eigenvalue weighted by molar-refractivity contribution is 0.649. The van der Waals surface area contributed by atoms with Crippen molar-refractivity contribution in [3.05, 3.63) is 35.9 Å². The molecule has 0 bridgehead atoms. The predicted molar refractivity (Wildman–Crippen MR) is 63.4 cm³/mol. The largest absolute Gasteiger partial charge is 0.275 e. The van der Waals surface area contributed by atoms with Crippen molar-refractivity contribution in [3.8, 4) is 0 Å². The summed E-state index contributed by atoms with van der Waals surface area (Å²) in [6, 6.07) is 1.99. The summed E-state index contributed by atoms with van der Waals surface area (Å²) in [7, 11) is 1.91. The Morgan fingerprint density at radius 2 is 2.31 bits per heavy atom. The zero-order chi connectivity index (χ0) is 11.5. The molecule has 5 heteroatoms. The minimum atomic E-state index is 0.0532. The lowest BCUT2D eigenvalue weighted by Crippen LogP contribution is -2.01. The van der Waals surface area contributed by atoms with Gasteiger partial charge < -0.3 is 0 Å². The number of nitrogens with zero attached hydrogens (tertiary/aromatic N) is 4. The molecule has 1 unspecified atom stereocenters. The molecule has 1 atom stereocenters. The molecule has 16 heavy (non-hydrogen) atoms. The van der Waals surface area contributed by atoms with Gasteiger partial charge in [-0.3, -0.25) is 9.36 Å². The van der Waals surface area contributed by atoms with Crippen LogP contribution in [-0.4, -0.2) is 19.6 Å². The summed E-state index contributed by atoms with van der Waals surface area (Å²) in [6.45, 7) is 2.75. The second-order valence-electron chi connectivity index (χ2n) is 3.83. The van der Waals surface area contributed by atoms with E-state index in [-0.39, 0.29) is 5.38 Å². The van der Waals surface area contributed by atoms with Crippen molar-refractivity contribution in [2.75, 3.05) is 0 Å². The Labute approximate surface area is 99.8 Å². The summed E-state index contributed by atoms with van der Waals surface area (Å²) in [4.78, 5) is 0. The van der Waals surface area contributed by atoms with Gasteiger partial charge in [-0.25, -0.2) is 0 Å². The van der Waals surface area contributed by atoms with E-state index in [0.717, 1.165) is 17.7 Å². The van der Waals surface area contributed by atoms with Crippen molar-refractivity contribution in [2.24, 2.45) is 7.05 Å². The third kappa shape index (κ3) is 2.44. The number of hydrogen-bond acceptors (Lipinski definition) is 2. The van der Waals surface area contributed by atoms with Crippen LogP contribution in [0.2, 0.25) is 0 Å². The zero-order valence-corrected chi connectivity index (χ0v) is 10.2. The lowest BCUT2D eigenvalue weighted by atomic mass is 10.2. The summed E-state index contributed by atoms with van der Waals surface area (Å²) in [5, 5.41) is 8.63. The molecule has 0 aliphatic heterocycles. The molecular formula is C11H15ClN4. The Morgan fingerprint density at radius 1 is 1.50 bits per heavy atom. The first kappa shape index (κ1) is 11.2. The predicted octanol–water partition coefficient (Wildman–Crippen LogP) is 2.35. The topological polar surface area (TPSA) is 35.6 Å². The van der Waals surface area contributed by atoms with Gasteiger partial charge in [0.2, 0.25) is 0 Å². The zero-order valence-electron chi connectivity index (χ0n) is 9.47. The highest BCUT2D eigenvalue weighted by atomic mass is 35.5. The van der Waals surface area contributed by atoms with Gasteiger partial charge in [-0.2, -0.15) is 10.2 Å². The summed E-state index contributed by atoms with van der Waals surface area (Å²) >= 11 is 6.14. The molecule has 0 saturated carbocycles. The summed E-state index contributed by atoms with van der Waals surface area (Å²) in [5.74, 6) is 0. The average Bonchev–Trinajstić information content (AvgIpc) is 2.87. The van der Waals surface area contributed by atoms with E-state index in [2.05, 4.69) is 17.1 Å². The van der Waals surface area contributed by atoms with Gasteiger partial charge >= 0.3 is 0 Å². The molecule has 2 heterocycles. The Balaban J connectivity index is 2.08. The molecule has 0 aliphatic carbocycles. The number of aromatic nitrogens is 4. The molecule has 0 aliphatic rings. The maximum atomic E-state index is 6.14. The summed E-state index contributed by atoms with van der Waals surface area (Å²) < 4.78 is 3.65. The van der Waals surface area contributed by atoms with E-state index >= 15 is 0 Å². The molecule has 0 spiro atoms. The normalized spacial score (nSPS) is 12.9. The molecule has 0 saturated heterocycles. The van der Waals surface area contributed by atoms with Crippen molar-refractivity contribution in [1.29, 1.82) is 0 Å². The summed E-state index contributed by atoms with van der Waals surface area (Å²) in [5.41, 5.74) is 2.07. The average molecular weight is 239 g/mol. The third-order valence-electron chi connectivity index (χ3n) is 2.47. The van der Waals surface area contributed by atoms with Crippen LogP contribution in [0.5, 0.6) is 0 Å². The van der Waals surface area contributed by atoms with E-state index in [1.807, 2.05) is 36.4 Å². The Bertz CT molecular complexity index is 460. The van der Waals surface area contributed by atoms with E-state index in [4.69, 9.17) is 11.6 Å². The maximum Gasteiger partial charge on any atom is 0.0849 e. The van der Waals surface area contributed by atoms with Crippen molar-refractivity contribution < 1.29 is 0 Å². The quantitative estimate of drug-likeness (QED) is 0.767. The van der Waals surface area contributed by atoms with Crippen LogP contribution < -0.4 is 0 Å². The van der Waals surface area contributed by atoms with E-state index < -0.39 is 0 Å². The van der Waals surface area contributed by atoms with Crippen LogP contribution in [0.1, 0.15) is 30.0 Å². The lowest BCUT2D eigenvalue weighted by Gasteiger charge is -2.01. The fourth-order valence-electron chi connectivity index (χ4n) is 1.58. The molecule has 86 valence electrons. The highest BCUT2D eigenvalue weighted by Gasteiger charge is 2.08. The van der Waals surface area contributed by atoms with Gasteiger partial charge in [0.05, 0.1) is 23.8 Å². The van der Waals surface area contributed by atoms with Gasteiger partial charge in [-0.15, -0.1) is 11.6 Å². The van der Waals surface area contributed by atoms with Gasteiger partial charge in [-0.1, -0.05) is 6.92 Å². The van der Waals surface area contributed by atoms with Gasteiger partial charge in [0.15, 0.2) is 0 Å². The molecule has 0 aromatic carbocycles. The summed E-state index contributed by atoms with van der Waals surface area (Å²) in [6.07, 6.45) is 6.65. The molecule has 2 aromatic rings. The SMILES string of the molecule is CCC(Cl)c1cnn(Cc2ccn(C)n2)c1. The standard InChI is InChI=1S/C11H15ClN4/c1-3-11(12)9-6-13-16(7-9)8-10-4-5-15(2)14-10/h4-7,11H,3,8H2,1-2H3. The number of rotatable bonds is 4. The molecule has 0 amide bonds. The molecule has 2 rings (SSSR count). The highest BCUT2D eigenvalue weighted by Crippen LogP contribution is 2.22. The minimum Gasteiger partial charge on any atom is -0.275 e. The van der Waals surface area contributed by atoms with Crippen molar-refractivity contribution in [2.45, 2.75) is 25.3 Å². The molecule has 0 radical (unpaired) electrons. The Morgan fingerprint density at radius 3 is 2.94 bits per heavy atom. The number of halogens is 1. The van der Waals surface area contributed by atoms with Crippen LogP contribution in [0.25, 0.3) is 0 Å². The van der Waals surface area contributed by atoms with Crippen LogP contribution in [0.3, 0.4) is 0 Å². The fourth-order valence-corrected chi connectivity index (χ4v) is 1.69.